The van der Waals surface area contributed by atoms with Gasteiger partial charge in [-0.05, 0) is 47.7 Å². The van der Waals surface area contributed by atoms with Crippen LogP contribution in [0.15, 0.2) is 46.9 Å². The van der Waals surface area contributed by atoms with Gasteiger partial charge in [-0.3, -0.25) is 0 Å². The third-order valence-corrected chi connectivity index (χ3v) is 4.95. The van der Waals surface area contributed by atoms with Crippen molar-refractivity contribution in [2.75, 3.05) is 6.54 Å². The number of carbonyl (C=O) groups excluding carboxylic acids is 1. The van der Waals surface area contributed by atoms with Gasteiger partial charge in [0, 0.05) is 11.0 Å². The number of benzene rings is 2. The van der Waals surface area contributed by atoms with Gasteiger partial charge in [-0.2, -0.15) is 0 Å². The smallest absolute Gasteiger partial charge is 0.315 e. The number of hydrogen-bond acceptors (Lipinski definition) is 3. The van der Waals surface area contributed by atoms with Gasteiger partial charge in [0.1, 0.15) is 5.75 Å². The number of fused-ring (bicyclic) bond motifs is 1. The van der Waals surface area contributed by atoms with Gasteiger partial charge >= 0.3 is 6.03 Å². The fraction of sp³-hybridized carbons (Fsp3) is 0.278. The zero-order chi connectivity index (χ0) is 17.1. The molecule has 5 nitrogen and oxygen atoms in total. The molecule has 0 aliphatic heterocycles. The quantitative estimate of drug-likeness (QED) is 0.646. The normalized spacial score (nSPS) is 17.2. The third kappa shape index (κ3) is 3.71. The van der Waals surface area contributed by atoms with E-state index in [2.05, 4.69) is 26.6 Å². The van der Waals surface area contributed by atoms with E-state index in [4.69, 9.17) is 0 Å². The van der Waals surface area contributed by atoms with Crippen molar-refractivity contribution in [3.8, 4) is 5.75 Å². The number of hydrogen-bond donors (Lipinski definition) is 4. The van der Waals surface area contributed by atoms with Crippen LogP contribution < -0.4 is 10.6 Å². The monoisotopic (exact) mass is 390 g/mol. The molecule has 6 heteroatoms. The number of aliphatic hydroxyl groups excluding tert-OH is 1. The summed E-state index contributed by atoms with van der Waals surface area (Å²) in [5.41, 5.74) is 2.83. The lowest BCUT2D eigenvalue weighted by Crippen LogP contribution is -2.39. The molecule has 0 spiro atoms. The van der Waals surface area contributed by atoms with Crippen molar-refractivity contribution < 1.29 is 15.0 Å². The second-order valence-corrected chi connectivity index (χ2v) is 6.72. The largest absolute Gasteiger partial charge is 0.508 e. The average Bonchev–Trinajstić information content (AvgIpc) is 2.95. The van der Waals surface area contributed by atoms with E-state index in [1.165, 1.54) is 0 Å². The average molecular weight is 391 g/mol. The Morgan fingerprint density at radius 2 is 2.08 bits per heavy atom. The number of urea groups is 1. The van der Waals surface area contributed by atoms with Crippen LogP contribution in [0.2, 0.25) is 0 Å². The standard InChI is InChI=1S/C18H19BrN2O3/c19-15-4-2-1-3-13(15)17(23)10-20-18(24)21-16-8-6-11-5-7-12(22)9-14(11)16/h1-5,7,9,16-17,22-23H,6,8,10H2,(H2,20,21,24). The number of phenolic OH excluding ortho intramolecular Hbond substituents is 1. The predicted octanol–water partition coefficient (Wildman–Crippen LogP) is 3.17. The number of amides is 2. The van der Waals surface area contributed by atoms with E-state index in [1.54, 1.807) is 12.1 Å². The molecule has 0 bridgehead atoms. The molecule has 0 radical (unpaired) electrons. The molecule has 0 saturated carbocycles. The predicted molar refractivity (Wildman–Crippen MR) is 94.8 cm³/mol. The Morgan fingerprint density at radius 1 is 1.29 bits per heavy atom. The maximum Gasteiger partial charge on any atom is 0.315 e. The number of rotatable bonds is 4. The molecule has 3 rings (SSSR count). The van der Waals surface area contributed by atoms with Gasteiger partial charge in [-0.25, -0.2) is 4.79 Å². The van der Waals surface area contributed by atoms with Gasteiger partial charge < -0.3 is 20.8 Å². The van der Waals surface area contributed by atoms with Gasteiger partial charge in [0.2, 0.25) is 0 Å². The highest BCUT2D eigenvalue weighted by molar-refractivity contribution is 9.10. The van der Waals surface area contributed by atoms with Crippen molar-refractivity contribution in [3.05, 3.63) is 63.6 Å². The van der Waals surface area contributed by atoms with Crippen LogP contribution in [0.25, 0.3) is 0 Å². The van der Waals surface area contributed by atoms with Gasteiger partial charge in [-0.1, -0.05) is 40.2 Å². The Kier molecular flexibility index (Phi) is 5.06. The summed E-state index contributed by atoms with van der Waals surface area (Å²) >= 11 is 3.39. The van der Waals surface area contributed by atoms with Crippen LogP contribution in [-0.2, 0) is 6.42 Å². The molecule has 2 aromatic rings. The second-order valence-electron chi connectivity index (χ2n) is 5.87. The maximum atomic E-state index is 12.1. The molecule has 0 heterocycles. The first-order chi connectivity index (χ1) is 11.5. The number of carbonyl (C=O) groups is 1. The molecule has 126 valence electrons. The summed E-state index contributed by atoms with van der Waals surface area (Å²) in [6.07, 6.45) is 0.894. The number of aliphatic hydroxyl groups is 1. The van der Waals surface area contributed by atoms with E-state index in [0.29, 0.717) is 0 Å². The zero-order valence-electron chi connectivity index (χ0n) is 13.0. The number of aryl methyl sites for hydroxylation is 1. The van der Waals surface area contributed by atoms with Crippen molar-refractivity contribution in [2.45, 2.75) is 25.0 Å². The third-order valence-electron chi connectivity index (χ3n) is 4.23. The van der Waals surface area contributed by atoms with Crippen LogP contribution in [0.3, 0.4) is 0 Å². The molecule has 2 atom stereocenters. The van der Waals surface area contributed by atoms with Crippen LogP contribution in [0.4, 0.5) is 4.79 Å². The molecular weight excluding hydrogens is 372 g/mol. The molecule has 1 aliphatic carbocycles. The zero-order valence-corrected chi connectivity index (χ0v) is 14.6. The highest BCUT2D eigenvalue weighted by atomic mass is 79.9. The summed E-state index contributed by atoms with van der Waals surface area (Å²) in [6, 6.07) is 12.2. The molecule has 0 fully saturated rings. The van der Waals surface area contributed by atoms with Gasteiger partial charge in [0.05, 0.1) is 12.1 Å². The number of halogens is 1. The lowest BCUT2D eigenvalue weighted by atomic mass is 10.1. The van der Waals surface area contributed by atoms with Crippen molar-refractivity contribution >= 4 is 22.0 Å². The highest BCUT2D eigenvalue weighted by Crippen LogP contribution is 2.33. The first-order valence-electron chi connectivity index (χ1n) is 7.83. The van der Waals surface area contributed by atoms with Crippen LogP contribution in [-0.4, -0.2) is 22.8 Å². The Hall–Kier alpha value is -2.05. The first-order valence-corrected chi connectivity index (χ1v) is 8.62. The van der Waals surface area contributed by atoms with Gasteiger partial charge in [0.25, 0.3) is 0 Å². The Bertz CT molecular complexity index is 751. The lowest BCUT2D eigenvalue weighted by molar-refractivity contribution is 0.172. The number of nitrogens with one attached hydrogen (secondary N) is 2. The topological polar surface area (TPSA) is 81.6 Å². The Labute approximate surface area is 148 Å². The fourth-order valence-corrected chi connectivity index (χ4v) is 3.54. The van der Waals surface area contributed by atoms with Crippen LogP contribution in [0.5, 0.6) is 5.75 Å². The van der Waals surface area contributed by atoms with Crippen LogP contribution in [0, 0.1) is 0 Å². The SMILES string of the molecule is O=C(NCC(O)c1ccccc1Br)NC1CCc2ccc(O)cc21. The summed E-state index contributed by atoms with van der Waals surface area (Å²) in [4.78, 5) is 12.1. The van der Waals surface area contributed by atoms with E-state index in [0.717, 1.165) is 34.0 Å². The molecule has 24 heavy (non-hydrogen) atoms. The van der Waals surface area contributed by atoms with Crippen molar-refractivity contribution in [1.82, 2.24) is 10.6 Å². The molecule has 2 amide bonds. The van der Waals surface area contributed by atoms with E-state index < -0.39 is 6.10 Å². The molecule has 0 saturated heterocycles. The Balaban J connectivity index is 1.56. The van der Waals surface area contributed by atoms with E-state index in [9.17, 15) is 15.0 Å². The van der Waals surface area contributed by atoms with Crippen LogP contribution >= 0.6 is 15.9 Å². The molecule has 1 aliphatic rings. The number of phenols is 1. The van der Waals surface area contributed by atoms with Gasteiger partial charge in [-0.15, -0.1) is 0 Å². The highest BCUT2D eigenvalue weighted by Gasteiger charge is 2.24. The first kappa shape index (κ1) is 16.8. The maximum absolute atomic E-state index is 12.1. The van der Waals surface area contributed by atoms with E-state index in [-0.39, 0.29) is 24.4 Å². The molecule has 0 aromatic heterocycles. The lowest BCUT2D eigenvalue weighted by Gasteiger charge is -2.17. The molecule has 2 aromatic carbocycles. The minimum atomic E-state index is -0.786. The summed E-state index contributed by atoms with van der Waals surface area (Å²) in [5.74, 6) is 0.201. The summed E-state index contributed by atoms with van der Waals surface area (Å²) in [7, 11) is 0. The number of aromatic hydroxyl groups is 1. The summed E-state index contributed by atoms with van der Waals surface area (Å²) in [5, 5.41) is 25.4. The van der Waals surface area contributed by atoms with Gasteiger partial charge in [0.15, 0.2) is 0 Å². The van der Waals surface area contributed by atoms with E-state index in [1.807, 2.05) is 30.3 Å². The van der Waals surface area contributed by atoms with E-state index >= 15 is 0 Å². The minimum absolute atomic E-state index is 0.118. The van der Waals surface area contributed by atoms with Crippen molar-refractivity contribution in [3.63, 3.8) is 0 Å². The van der Waals surface area contributed by atoms with Crippen LogP contribution in [0.1, 0.15) is 35.3 Å². The fourth-order valence-electron chi connectivity index (χ4n) is 2.99. The minimum Gasteiger partial charge on any atom is -0.508 e. The van der Waals surface area contributed by atoms with Crippen molar-refractivity contribution in [2.24, 2.45) is 0 Å². The second kappa shape index (κ2) is 7.23. The molecule has 2 unspecified atom stereocenters. The summed E-state index contributed by atoms with van der Waals surface area (Å²) in [6.45, 7) is 0.119. The van der Waals surface area contributed by atoms with Crippen molar-refractivity contribution in [1.29, 1.82) is 0 Å². The molecule has 4 N–H and O–H groups in total. The molecular formula is C18H19BrN2O3. The summed E-state index contributed by atoms with van der Waals surface area (Å²) < 4.78 is 0.805. The Morgan fingerprint density at radius 3 is 2.88 bits per heavy atom.